The summed E-state index contributed by atoms with van der Waals surface area (Å²) >= 11 is 0. The third-order valence-corrected chi connectivity index (χ3v) is 4.28. The zero-order chi connectivity index (χ0) is 14.4. The summed E-state index contributed by atoms with van der Waals surface area (Å²) in [5.41, 5.74) is 2.66. The van der Waals surface area contributed by atoms with E-state index in [4.69, 9.17) is 0 Å². The number of nitrogens with one attached hydrogen (secondary N) is 1. The Morgan fingerprint density at radius 3 is 2.45 bits per heavy atom. The lowest BCUT2D eigenvalue weighted by Crippen LogP contribution is -2.37. The van der Waals surface area contributed by atoms with Gasteiger partial charge in [-0.05, 0) is 56.3 Å². The predicted octanol–water partition coefficient (Wildman–Crippen LogP) is 2.78. The quantitative estimate of drug-likeness (QED) is 0.784. The summed E-state index contributed by atoms with van der Waals surface area (Å²) in [6.07, 6.45) is 3.20. The molecule has 1 atom stereocenters. The van der Waals surface area contributed by atoms with Crippen molar-refractivity contribution in [1.82, 2.24) is 5.32 Å². The highest BCUT2D eigenvalue weighted by Crippen LogP contribution is 2.25. The van der Waals surface area contributed by atoms with Crippen LogP contribution in [0.2, 0.25) is 0 Å². The Morgan fingerprint density at radius 2 is 1.90 bits per heavy atom. The van der Waals surface area contributed by atoms with Gasteiger partial charge in [0.1, 0.15) is 0 Å². The summed E-state index contributed by atoms with van der Waals surface area (Å²) in [5.74, 6) is 0.476. The molecule has 1 unspecified atom stereocenters. The van der Waals surface area contributed by atoms with Crippen molar-refractivity contribution in [1.29, 1.82) is 0 Å². The molecule has 3 heteroatoms. The minimum absolute atomic E-state index is 0.163. The van der Waals surface area contributed by atoms with Gasteiger partial charge in [-0.3, -0.25) is 0 Å². The van der Waals surface area contributed by atoms with Gasteiger partial charge < -0.3 is 15.3 Å². The number of hydrogen-bond acceptors (Lipinski definition) is 3. The van der Waals surface area contributed by atoms with E-state index in [1.54, 1.807) is 0 Å². The lowest BCUT2D eigenvalue weighted by Gasteiger charge is -2.34. The Bertz CT molecular complexity index is 380. The van der Waals surface area contributed by atoms with E-state index in [-0.39, 0.29) is 6.10 Å². The van der Waals surface area contributed by atoms with E-state index in [1.165, 1.54) is 17.7 Å². The van der Waals surface area contributed by atoms with Crippen molar-refractivity contribution in [3.05, 3.63) is 29.8 Å². The van der Waals surface area contributed by atoms with Crippen LogP contribution in [-0.4, -0.2) is 30.8 Å². The number of rotatable bonds is 6. The summed E-state index contributed by atoms with van der Waals surface area (Å²) in [4.78, 5) is 2.43. The molecule has 1 aliphatic rings. The summed E-state index contributed by atoms with van der Waals surface area (Å²) in [5, 5.41) is 13.1. The molecular weight excluding hydrogens is 248 g/mol. The van der Waals surface area contributed by atoms with E-state index in [1.807, 2.05) is 6.92 Å². The average molecular weight is 276 g/mol. The number of nitrogens with zero attached hydrogens (tertiary/aromatic N) is 1. The molecule has 0 amide bonds. The molecule has 3 nitrogen and oxygen atoms in total. The van der Waals surface area contributed by atoms with Gasteiger partial charge >= 0.3 is 0 Å². The van der Waals surface area contributed by atoms with E-state index in [2.05, 4.69) is 41.4 Å². The first kappa shape index (κ1) is 15.3. The third-order valence-electron chi connectivity index (χ3n) is 4.28. The van der Waals surface area contributed by atoms with E-state index < -0.39 is 0 Å². The highest BCUT2D eigenvalue weighted by Gasteiger charge is 2.22. The number of benzene rings is 1. The van der Waals surface area contributed by atoms with E-state index in [0.717, 1.165) is 39.0 Å². The molecule has 1 fully saturated rings. The maximum atomic E-state index is 9.65. The van der Waals surface area contributed by atoms with Crippen LogP contribution in [0.1, 0.15) is 38.7 Å². The molecule has 0 radical (unpaired) electrons. The fraction of sp³-hybridized carbons (Fsp3) is 0.647. The van der Waals surface area contributed by atoms with Crippen LogP contribution in [0.25, 0.3) is 0 Å². The maximum absolute atomic E-state index is 9.65. The highest BCUT2D eigenvalue weighted by molar-refractivity contribution is 5.48. The lowest BCUT2D eigenvalue weighted by atomic mass is 9.92. The summed E-state index contributed by atoms with van der Waals surface area (Å²) in [6, 6.07) is 8.90. The Labute approximate surface area is 123 Å². The van der Waals surface area contributed by atoms with Crippen LogP contribution in [0.4, 0.5) is 5.69 Å². The average Bonchev–Trinajstić information content (AvgIpc) is 2.48. The first-order valence-corrected chi connectivity index (χ1v) is 7.93. The van der Waals surface area contributed by atoms with Crippen molar-refractivity contribution in [2.24, 2.45) is 5.92 Å². The van der Waals surface area contributed by atoms with Crippen molar-refractivity contribution in [2.75, 3.05) is 24.5 Å². The van der Waals surface area contributed by atoms with Gasteiger partial charge in [-0.15, -0.1) is 0 Å². The van der Waals surface area contributed by atoms with Gasteiger partial charge in [-0.25, -0.2) is 0 Å². The maximum Gasteiger partial charge on any atom is 0.0541 e. The first-order valence-electron chi connectivity index (χ1n) is 7.93. The highest BCUT2D eigenvalue weighted by atomic mass is 16.3. The molecule has 0 spiro atoms. The molecule has 1 aromatic carbocycles. The Balaban J connectivity index is 1.84. The van der Waals surface area contributed by atoms with Crippen LogP contribution >= 0.6 is 0 Å². The van der Waals surface area contributed by atoms with Crippen molar-refractivity contribution in [3.63, 3.8) is 0 Å². The zero-order valence-corrected chi connectivity index (χ0v) is 12.8. The number of anilines is 1. The number of aliphatic hydroxyl groups excluding tert-OH is 1. The Morgan fingerprint density at radius 1 is 1.25 bits per heavy atom. The second kappa shape index (κ2) is 7.65. The molecule has 1 heterocycles. The molecule has 1 saturated heterocycles. The van der Waals surface area contributed by atoms with Gasteiger partial charge in [0, 0.05) is 25.3 Å². The molecule has 0 saturated carbocycles. The minimum Gasteiger partial charge on any atom is -0.393 e. The largest absolute Gasteiger partial charge is 0.393 e. The lowest BCUT2D eigenvalue weighted by molar-refractivity contribution is 0.110. The number of aliphatic hydroxyl groups is 1. The fourth-order valence-electron chi connectivity index (χ4n) is 2.87. The molecule has 0 aliphatic carbocycles. The third kappa shape index (κ3) is 4.22. The molecule has 0 aromatic heterocycles. The van der Waals surface area contributed by atoms with Gasteiger partial charge in [0.25, 0.3) is 0 Å². The van der Waals surface area contributed by atoms with Crippen molar-refractivity contribution >= 4 is 5.69 Å². The minimum atomic E-state index is -0.163. The van der Waals surface area contributed by atoms with Crippen LogP contribution in [0.5, 0.6) is 0 Å². The SMILES string of the molecule is CCCNCc1ccc(N2CCC(C(C)O)CC2)cc1. The van der Waals surface area contributed by atoms with Crippen LogP contribution in [0.3, 0.4) is 0 Å². The van der Waals surface area contributed by atoms with Crippen molar-refractivity contribution in [3.8, 4) is 0 Å². The molecule has 1 aromatic rings. The normalized spacial score (nSPS) is 18.2. The fourth-order valence-corrected chi connectivity index (χ4v) is 2.87. The predicted molar refractivity (Wildman–Crippen MR) is 85.1 cm³/mol. The van der Waals surface area contributed by atoms with Crippen molar-refractivity contribution < 1.29 is 5.11 Å². The van der Waals surface area contributed by atoms with Gasteiger partial charge in [-0.2, -0.15) is 0 Å². The summed E-state index contributed by atoms with van der Waals surface area (Å²) in [7, 11) is 0. The summed E-state index contributed by atoms with van der Waals surface area (Å²) < 4.78 is 0. The standard InChI is InChI=1S/C17H28N2O/c1-3-10-18-13-15-4-6-17(7-5-15)19-11-8-16(9-12-19)14(2)20/h4-7,14,16,18,20H,3,8-13H2,1-2H3. The molecular formula is C17H28N2O. The van der Waals surface area contributed by atoms with Crippen LogP contribution in [-0.2, 0) is 6.54 Å². The molecule has 1 aliphatic heterocycles. The molecule has 0 bridgehead atoms. The van der Waals surface area contributed by atoms with Crippen LogP contribution in [0, 0.1) is 5.92 Å². The topological polar surface area (TPSA) is 35.5 Å². The van der Waals surface area contributed by atoms with Crippen molar-refractivity contribution in [2.45, 2.75) is 45.8 Å². The second-order valence-electron chi connectivity index (χ2n) is 5.91. The molecule has 20 heavy (non-hydrogen) atoms. The van der Waals surface area contributed by atoms with Gasteiger partial charge in [-0.1, -0.05) is 19.1 Å². The summed E-state index contributed by atoms with van der Waals surface area (Å²) in [6.45, 7) is 8.25. The molecule has 2 N–H and O–H groups in total. The first-order chi connectivity index (χ1) is 9.70. The van der Waals surface area contributed by atoms with Gasteiger partial charge in [0.05, 0.1) is 6.10 Å². The Hall–Kier alpha value is -1.06. The van der Waals surface area contributed by atoms with Gasteiger partial charge in [0.2, 0.25) is 0 Å². The number of piperidine rings is 1. The second-order valence-corrected chi connectivity index (χ2v) is 5.91. The van der Waals surface area contributed by atoms with E-state index >= 15 is 0 Å². The molecule has 112 valence electrons. The molecule has 2 rings (SSSR count). The van der Waals surface area contributed by atoms with Crippen LogP contribution < -0.4 is 10.2 Å². The van der Waals surface area contributed by atoms with E-state index in [9.17, 15) is 5.11 Å². The monoisotopic (exact) mass is 276 g/mol. The van der Waals surface area contributed by atoms with Crippen LogP contribution in [0.15, 0.2) is 24.3 Å². The van der Waals surface area contributed by atoms with E-state index in [0.29, 0.717) is 5.92 Å². The number of hydrogen-bond donors (Lipinski definition) is 2. The zero-order valence-electron chi connectivity index (χ0n) is 12.8. The van der Waals surface area contributed by atoms with Gasteiger partial charge in [0.15, 0.2) is 0 Å². The smallest absolute Gasteiger partial charge is 0.0541 e. The Kier molecular flexibility index (Phi) is 5.86.